The lowest BCUT2D eigenvalue weighted by Crippen LogP contribution is -2.33. The van der Waals surface area contributed by atoms with Crippen LogP contribution in [0, 0.1) is 5.92 Å². The number of aryl methyl sites for hydroxylation is 1. The van der Waals surface area contributed by atoms with Crippen LogP contribution in [0.1, 0.15) is 54.9 Å². The number of carbonyl (C=O) groups is 2. The first-order valence-corrected chi connectivity index (χ1v) is 14.3. The summed E-state index contributed by atoms with van der Waals surface area (Å²) in [5.41, 5.74) is 5.76. The van der Waals surface area contributed by atoms with Gasteiger partial charge in [0.2, 0.25) is 11.1 Å². The zero-order chi connectivity index (χ0) is 28.9. The number of carbonyl (C=O) groups excluding carboxylic acids is 1. The molecule has 2 aromatic heterocycles. The number of carboxylic acids is 1. The van der Waals surface area contributed by atoms with E-state index >= 15 is 0 Å². The van der Waals surface area contributed by atoms with Crippen LogP contribution in [0.5, 0.6) is 5.75 Å². The maximum Gasteiger partial charge on any atom is 0.343 e. The Morgan fingerprint density at radius 2 is 2.02 bits per heavy atom. The van der Waals surface area contributed by atoms with E-state index in [0.29, 0.717) is 12.0 Å². The van der Waals surface area contributed by atoms with Crippen molar-refractivity contribution in [1.29, 1.82) is 0 Å². The third-order valence-corrected chi connectivity index (χ3v) is 7.81. The number of anilines is 1. The number of amides is 1. The Hall–Kier alpha value is -4.17. The van der Waals surface area contributed by atoms with Crippen LogP contribution in [0.15, 0.2) is 57.1 Å². The Labute approximate surface area is 229 Å². The Morgan fingerprint density at radius 3 is 2.67 bits per heavy atom. The summed E-state index contributed by atoms with van der Waals surface area (Å²) < 4.78 is 33.1. The molecule has 3 aromatic rings. The Morgan fingerprint density at radius 1 is 1.25 bits per heavy atom. The van der Waals surface area contributed by atoms with Crippen molar-refractivity contribution in [2.75, 3.05) is 11.3 Å². The number of hydrogen-bond donors (Lipinski definition) is 6. The van der Waals surface area contributed by atoms with E-state index in [9.17, 15) is 27.9 Å². The molecular weight excluding hydrogens is 542 g/mol. The molecule has 1 amide bonds. The topological polar surface area (TPSA) is 218 Å². The van der Waals surface area contributed by atoms with Gasteiger partial charge in [-0.25, -0.2) is 9.78 Å². The maximum atomic E-state index is 13.0. The van der Waals surface area contributed by atoms with E-state index in [1.165, 1.54) is 18.5 Å². The number of aromatic hydroxyl groups is 1. The van der Waals surface area contributed by atoms with E-state index in [-0.39, 0.29) is 65.5 Å². The van der Waals surface area contributed by atoms with Crippen molar-refractivity contribution in [3.05, 3.63) is 70.0 Å². The van der Waals surface area contributed by atoms with Gasteiger partial charge in [0.25, 0.3) is 10.0 Å². The summed E-state index contributed by atoms with van der Waals surface area (Å²) >= 11 is 0. The van der Waals surface area contributed by atoms with Gasteiger partial charge in [-0.05, 0) is 49.3 Å². The third-order valence-electron chi connectivity index (χ3n) is 6.57. The molecule has 1 aliphatic rings. The molecule has 0 radical (unpaired) electrons. The van der Waals surface area contributed by atoms with Crippen molar-refractivity contribution in [3.63, 3.8) is 0 Å². The average Bonchev–Trinajstić information content (AvgIpc) is 3.56. The van der Waals surface area contributed by atoms with Crippen molar-refractivity contribution < 1.29 is 32.6 Å². The molecule has 0 aliphatic heterocycles. The lowest BCUT2D eigenvalue weighted by Gasteiger charge is -2.19. The molecule has 214 valence electrons. The van der Waals surface area contributed by atoms with E-state index in [1.54, 1.807) is 24.3 Å². The van der Waals surface area contributed by atoms with Crippen LogP contribution in [0.3, 0.4) is 0 Å². The van der Waals surface area contributed by atoms with Gasteiger partial charge in [0.1, 0.15) is 17.6 Å². The molecular formula is C26H31N5O8S. The summed E-state index contributed by atoms with van der Waals surface area (Å²) in [5, 5.41) is 22.1. The number of aromatic nitrogens is 2. The summed E-state index contributed by atoms with van der Waals surface area (Å²) in [4.78, 5) is 42.0. The van der Waals surface area contributed by atoms with Gasteiger partial charge >= 0.3 is 11.6 Å². The monoisotopic (exact) mass is 573 g/mol. The molecule has 1 fully saturated rings. The number of aliphatic carboxylic acids is 1. The molecule has 0 saturated heterocycles. The van der Waals surface area contributed by atoms with E-state index in [0.717, 1.165) is 12.8 Å². The van der Waals surface area contributed by atoms with Crippen molar-refractivity contribution in [3.8, 4) is 5.75 Å². The van der Waals surface area contributed by atoms with Gasteiger partial charge in [-0.15, -0.1) is 0 Å². The molecule has 40 heavy (non-hydrogen) atoms. The third kappa shape index (κ3) is 7.27. The van der Waals surface area contributed by atoms with Crippen LogP contribution < -0.4 is 21.4 Å². The molecule has 14 heteroatoms. The highest BCUT2D eigenvalue weighted by atomic mass is 32.2. The SMILES string of the molecule is N[C@@H](CCC(=O)NCCCc1cc(O)c(C(c2cccc(NS(=O)(=O)c3ncc[nH]3)c2)C2CC2)c(=O)o1)C(=O)O. The van der Waals surface area contributed by atoms with Gasteiger partial charge < -0.3 is 30.7 Å². The molecule has 7 N–H and O–H groups in total. The Kier molecular flexibility index (Phi) is 8.90. The average molecular weight is 574 g/mol. The minimum Gasteiger partial charge on any atom is -0.507 e. The summed E-state index contributed by atoms with van der Waals surface area (Å²) in [6, 6.07) is 6.94. The van der Waals surface area contributed by atoms with Crippen LogP contribution >= 0.6 is 0 Å². The standard InChI is InChI=1S/C26H31N5O8S/c27-19(24(34)35)8-9-21(33)28-10-2-5-18-14-20(32)23(25(36)39-18)22(15-6-7-15)16-3-1-4-17(13-16)31-40(37,38)26-29-11-12-30-26/h1,3-4,11-15,19,22,31-32H,2,5-10,27H2,(H,28,33)(H,29,30)(H,34,35)/t19-,22?/m0/s1. The van der Waals surface area contributed by atoms with E-state index in [2.05, 4.69) is 20.0 Å². The second-order valence-electron chi connectivity index (χ2n) is 9.68. The first kappa shape index (κ1) is 28.8. The first-order chi connectivity index (χ1) is 19.0. The number of rotatable bonds is 14. The fraction of sp³-hybridized carbons (Fsp3) is 0.385. The molecule has 0 spiro atoms. The maximum absolute atomic E-state index is 13.0. The second-order valence-corrected chi connectivity index (χ2v) is 11.3. The number of nitrogens with zero attached hydrogens (tertiary/aromatic N) is 1. The number of H-pyrrole nitrogens is 1. The highest BCUT2D eigenvalue weighted by Gasteiger charge is 2.37. The van der Waals surface area contributed by atoms with Gasteiger partial charge in [0, 0.05) is 49.5 Å². The number of carboxylic acid groups (broad SMARTS) is 1. The number of aromatic amines is 1. The Bertz CT molecular complexity index is 1520. The predicted molar refractivity (Wildman–Crippen MR) is 143 cm³/mol. The fourth-order valence-electron chi connectivity index (χ4n) is 4.44. The van der Waals surface area contributed by atoms with Crippen LogP contribution in [0.4, 0.5) is 5.69 Å². The lowest BCUT2D eigenvalue weighted by molar-refractivity contribution is -0.138. The van der Waals surface area contributed by atoms with Crippen LogP contribution in [0.2, 0.25) is 0 Å². The van der Waals surface area contributed by atoms with Gasteiger partial charge in [0.15, 0.2) is 0 Å². The van der Waals surface area contributed by atoms with Crippen LogP contribution in [-0.4, -0.2) is 53.1 Å². The van der Waals surface area contributed by atoms with Crippen molar-refractivity contribution in [2.45, 2.75) is 55.6 Å². The fourth-order valence-corrected chi connectivity index (χ4v) is 5.39. The number of imidazole rings is 1. The summed E-state index contributed by atoms with van der Waals surface area (Å²) in [6.07, 6.45) is 5.10. The highest BCUT2D eigenvalue weighted by molar-refractivity contribution is 7.92. The van der Waals surface area contributed by atoms with Gasteiger partial charge in [-0.3, -0.25) is 14.3 Å². The minimum atomic E-state index is -3.93. The number of nitrogens with two attached hydrogens (primary N) is 1. The molecule has 1 aliphatic carbocycles. The largest absolute Gasteiger partial charge is 0.507 e. The van der Waals surface area contributed by atoms with Crippen molar-refractivity contribution >= 4 is 27.6 Å². The molecule has 1 unspecified atom stereocenters. The molecule has 2 atom stereocenters. The van der Waals surface area contributed by atoms with Gasteiger partial charge in [0.05, 0.1) is 5.56 Å². The van der Waals surface area contributed by atoms with E-state index in [1.807, 2.05) is 0 Å². The molecule has 4 rings (SSSR count). The van der Waals surface area contributed by atoms with Crippen molar-refractivity contribution in [1.82, 2.24) is 15.3 Å². The first-order valence-electron chi connectivity index (χ1n) is 12.8. The molecule has 2 heterocycles. The van der Waals surface area contributed by atoms with Gasteiger partial charge in [-0.2, -0.15) is 8.42 Å². The minimum absolute atomic E-state index is 0.0201. The van der Waals surface area contributed by atoms with E-state index in [4.69, 9.17) is 15.3 Å². The van der Waals surface area contributed by atoms with Crippen LogP contribution in [-0.2, 0) is 26.0 Å². The molecule has 13 nitrogen and oxygen atoms in total. The normalized spacial score (nSPS) is 14.8. The smallest absolute Gasteiger partial charge is 0.343 e. The lowest BCUT2D eigenvalue weighted by atomic mass is 9.87. The van der Waals surface area contributed by atoms with Gasteiger partial charge in [-0.1, -0.05) is 12.1 Å². The number of benzene rings is 1. The zero-order valence-electron chi connectivity index (χ0n) is 21.5. The molecule has 0 bridgehead atoms. The molecule has 1 saturated carbocycles. The summed E-state index contributed by atoms with van der Waals surface area (Å²) in [5.74, 6) is -1.87. The highest BCUT2D eigenvalue weighted by Crippen LogP contribution is 2.48. The quantitative estimate of drug-likeness (QED) is 0.153. The summed E-state index contributed by atoms with van der Waals surface area (Å²) in [6.45, 7) is 0.263. The number of sulfonamides is 1. The second kappa shape index (κ2) is 12.3. The predicted octanol–water partition coefficient (Wildman–Crippen LogP) is 1.65. The number of nitrogens with one attached hydrogen (secondary N) is 3. The summed E-state index contributed by atoms with van der Waals surface area (Å²) in [7, 11) is -3.93. The van der Waals surface area contributed by atoms with E-state index < -0.39 is 33.6 Å². The van der Waals surface area contributed by atoms with Crippen molar-refractivity contribution in [2.24, 2.45) is 11.7 Å². The number of hydrogen-bond acceptors (Lipinski definition) is 9. The van der Waals surface area contributed by atoms with Crippen LogP contribution in [0.25, 0.3) is 0 Å². The zero-order valence-corrected chi connectivity index (χ0v) is 22.3. The molecule has 1 aromatic carbocycles. The Balaban J connectivity index is 1.43.